The van der Waals surface area contributed by atoms with Crippen molar-refractivity contribution in [3.05, 3.63) is 0 Å². The maximum absolute atomic E-state index is 5.40. The molecule has 0 aliphatic carbocycles. The van der Waals surface area contributed by atoms with E-state index in [0.717, 1.165) is 6.61 Å². The summed E-state index contributed by atoms with van der Waals surface area (Å²) in [6.45, 7) is 9.05. The fraction of sp³-hybridized carbons (Fsp3) is 1.00. The maximum atomic E-state index is 5.40. The van der Waals surface area contributed by atoms with E-state index in [-0.39, 0.29) is 0 Å². The van der Waals surface area contributed by atoms with E-state index >= 15 is 0 Å². The van der Waals surface area contributed by atoms with Crippen molar-refractivity contribution in [3.8, 4) is 0 Å². The Balaban J connectivity index is 2.71. The highest BCUT2D eigenvalue weighted by atomic mass is 16.5. The van der Waals surface area contributed by atoms with Crippen molar-refractivity contribution in [1.29, 1.82) is 0 Å². The van der Waals surface area contributed by atoms with E-state index in [1.54, 1.807) is 0 Å². The van der Waals surface area contributed by atoms with Crippen molar-refractivity contribution in [2.24, 2.45) is 5.41 Å². The third-order valence-electron chi connectivity index (χ3n) is 3.22. The Morgan fingerprint density at radius 1 is 1.36 bits per heavy atom. The summed E-state index contributed by atoms with van der Waals surface area (Å²) in [7, 11) is 4.05. The van der Waals surface area contributed by atoms with Crippen LogP contribution in [0.3, 0.4) is 0 Å². The monoisotopic (exact) mass is 199 g/mol. The molecule has 1 rings (SSSR count). The molecule has 1 aliphatic rings. The van der Waals surface area contributed by atoms with Crippen LogP contribution in [-0.4, -0.2) is 37.7 Å². The quantitative estimate of drug-likeness (QED) is 0.692. The predicted molar refractivity (Wildman–Crippen MR) is 60.5 cm³/mol. The summed E-state index contributed by atoms with van der Waals surface area (Å²) in [5.74, 6) is 0. The summed E-state index contributed by atoms with van der Waals surface area (Å²) in [5.41, 5.74) is 0.685. The van der Waals surface area contributed by atoms with Gasteiger partial charge in [-0.1, -0.05) is 20.8 Å². The normalized spacial score (nSPS) is 29.8. The van der Waals surface area contributed by atoms with Crippen LogP contribution in [0.5, 0.6) is 0 Å². The van der Waals surface area contributed by atoms with Gasteiger partial charge in [0.25, 0.3) is 0 Å². The second-order valence-corrected chi connectivity index (χ2v) is 5.92. The van der Waals surface area contributed by atoms with E-state index in [2.05, 4.69) is 32.7 Å². The number of nitrogens with zero attached hydrogens (tertiary/aromatic N) is 1. The smallest absolute Gasteiger partial charge is 0.0646 e. The van der Waals surface area contributed by atoms with Gasteiger partial charge in [0.2, 0.25) is 0 Å². The number of likely N-dealkylation sites (tertiary alicyclic amines) is 1. The van der Waals surface area contributed by atoms with Crippen LogP contribution in [0.25, 0.3) is 0 Å². The van der Waals surface area contributed by atoms with Crippen LogP contribution in [0.15, 0.2) is 0 Å². The van der Waals surface area contributed by atoms with Crippen LogP contribution < -0.4 is 0 Å². The molecule has 0 bridgehead atoms. The van der Waals surface area contributed by atoms with Gasteiger partial charge in [0.15, 0.2) is 0 Å². The van der Waals surface area contributed by atoms with Gasteiger partial charge in [-0.3, -0.25) is 4.90 Å². The topological polar surface area (TPSA) is 12.5 Å². The Morgan fingerprint density at radius 2 is 2.00 bits per heavy atom. The molecule has 1 saturated heterocycles. The fourth-order valence-corrected chi connectivity index (χ4v) is 2.79. The molecule has 0 aromatic carbocycles. The van der Waals surface area contributed by atoms with Gasteiger partial charge in [-0.2, -0.15) is 0 Å². The minimum Gasteiger partial charge on any atom is -0.383 e. The molecule has 1 atom stereocenters. The number of likely N-dealkylation sites (N-methyl/N-ethyl adjacent to an activating group) is 1. The molecule has 1 heterocycles. The van der Waals surface area contributed by atoms with E-state index in [4.69, 9.17) is 4.74 Å². The Bertz CT molecular complexity index is 185. The zero-order chi connectivity index (χ0) is 10.8. The van der Waals surface area contributed by atoms with Crippen molar-refractivity contribution in [2.45, 2.75) is 45.6 Å². The average Bonchev–Trinajstić information content (AvgIpc) is 2.30. The van der Waals surface area contributed by atoms with Gasteiger partial charge in [0, 0.05) is 12.6 Å². The molecule has 0 amide bonds. The minimum atomic E-state index is 0.299. The first kappa shape index (κ1) is 12.0. The molecular weight excluding hydrogens is 174 g/mol. The van der Waals surface area contributed by atoms with Gasteiger partial charge in [-0.15, -0.1) is 0 Å². The average molecular weight is 199 g/mol. The molecule has 0 N–H and O–H groups in total. The highest BCUT2D eigenvalue weighted by Gasteiger charge is 2.41. The lowest BCUT2D eigenvalue weighted by Gasteiger charge is -2.40. The van der Waals surface area contributed by atoms with Crippen molar-refractivity contribution >= 4 is 0 Å². The Labute approximate surface area is 88.6 Å². The van der Waals surface area contributed by atoms with E-state index in [9.17, 15) is 0 Å². The zero-order valence-electron chi connectivity index (χ0n) is 10.4. The minimum absolute atomic E-state index is 0.299. The molecule has 1 unspecified atom stereocenters. The third kappa shape index (κ3) is 2.71. The number of hydrogen-bond donors (Lipinski definition) is 0. The van der Waals surface area contributed by atoms with Crippen molar-refractivity contribution in [1.82, 2.24) is 4.90 Å². The molecule has 0 aromatic heterocycles. The van der Waals surface area contributed by atoms with E-state index in [1.807, 2.05) is 7.11 Å². The molecule has 1 fully saturated rings. The molecule has 2 nitrogen and oxygen atoms in total. The van der Waals surface area contributed by atoms with Gasteiger partial charge in [0.05, 0.1) is 6.61 Å². The second kappa shape index (κ2) is 4.19. The third-order valence-corrected chi connectivity index (χ3v) is 3.22. The molecule has 1 aliphatic heterocycles. The van der Waals surface area contributed by atoms with Crippen LogP contribution in [0, 0.1) is 5.41 Å². The SMILES string of the molecule is COCC1(CC(C)(C)C)CCCN1C. The van der Waals surface area contributed by atoms with Gasteiger partial charge in [0.1, 0.15) is 0 Å². The lowest BCUT2D eigenvalue weighted by Crippen LogP contribution is -2.47. The molecule has 84 valence electrons. The summed E-state index contributed by atoms with van der Waals surface area (Å²) >= 11 is 0. The Morgan fingerprint density at radius 3 is 2.36 bits per heavy atom. The molecule has 0 aromatic rings. The second-order valence-electron chi connectivity index (χ2n) is 5.92. The number of hydrogen-bond acceptors (Lipinski definition) is 2. The number of ether oxygens (including phenoxy) is 1. The lowest BCUT2D eigenvalue weighted by atomic mass is 9.78. The molecule has 0 saturated carbocycles. The van der Waals surface area contributed by atoms with Crippen LogP contribution in [-0.2, 0) is 4.74 Å². The number of rotatable bonds is 3. The first-order valence-electron chi connectivity index (χ1n) is 5.60. The summed E-state index contributed by atoms with van der Waals surface area (Å²) < 4.78 is 5.40. The van der Waals surface area contributed by atoms with Crippen LogP contribution in [0.1, 0.15) is 40.0 Å². The van der Waals surface area contributed by atoms with Crippen molar-refractivity contribution in [2.75, 3.05) is 27.3 Å². The summed E-state index contributed by atoms with van der Waals surface area (Å²) in [6, 6.07) is 0. The summed E-state index contributed by atoms with van der Waals surface area (Å²) in [4.78, 5) is 2.49. The first-order chi connectivity index (χ1) is 6.40. The van der Waals surface area contributed by atoms with Gasteiger partial charge in [-0.25, -0.2) is 0 Å². The van der Waals surface area contributed by atoms with Gasteiger partial charge >= 0.3 is 0 Å². The maximum Gasteiger partial charge on any atom is 0.0646 e. The van der Waals surface area contributed by atoms with Crippen LogP contribution in [0.4, 0.5) is 0 Å². The highest BCUT2D eigenvalue weighted by Crippen LogP contribution is 2.38. The van der Waals surface area contributed by atoms with Gasteiger partial charge in [-0.05, 0) is 38.3 Å². The molecular formula is C12H25NO. The summed E-state index contributed by atoms with van der Waals surface area (Å²) in [5, 5.41) is 0. The lowest BCUT2D eigenvalue weighted by molar-refractivity contribution is 0.0238. The highest BCUT2D eigenvalue weighted by molar-refractivity contribution is 4.96. The van der Waals surface area contributed by atoms with E-state index in [1.165, 1.54) is 25.8 Å². The molecule has 0 spiro atoms. The summed E-state index contributed by atoms with van der Waals surface area (Å²) in [6.07, 6.45) is 3.83. The Hall–Kier alpha value is -0.0800. The van der Waals surface area contributed by atoms with E-state index < -0.39 is 0 Å². The standard InChI is InChI=1S/C12H25NO/c1-11(2,3)9-12(10-14-5)7-6-8-13(12)4/h6-10H2,1-5H3. The van der Waals surface area contributed by atoms with Crippen molar-refractivity contribution in [3.63, 3.8) is 0 Å². The molecule has 14 heavy (non-hydrogen) atoms. The fourth-order valence-electron chi connectivity index (χ4n) is 2.79. The van der Waals surface area contributed by atoms with E-state index in [0.29, 0.717) is 11.0 Å². The molecule has 0 radical (unpaired) electrons. The Kier molecular flexibility index (Phi) is 3.59. The predicted octanol–water partition coefficient (Wildman–Crippen LogP) is 2.53. The zero-order valence-corrected chi connectivity index (χ0v) is 10.4. The largest absolute Gasteiger partial charge is 0.383 e. The van der Waals surface area contributed by atoms with Crippen LogP contribution in [0.2, 0.25) is 0 Å². The van der Waals surface area contributed by atoms with Crippen LogP contribution >= 0.6 is 0 Å². The number of methoxy groups -OCH3 is 1. The first-order valence-corrected chi connectivity index (χ1v) is 5.60. The van der Waals surface area contributed by atoms with Crippen molar-refractivity contribution < 1.29 is 4.74 Å². The van der Waals surface area contributed by atoms with Gasteiger partial charge < -0.3 is 4.74 Å². The molecule has 2 heteroatoms.